The summed E-state index contributed by atoms with van der Waals surface area (Å²) in [5.74, 6) is 0.698. The molecule has 3 atom stereocenters. The normalized spacial score (nSPS) is 28.6. The first-order chi connectivity index (χ1) is 9.56. The summed E-state index contributed by atoms with van der Waals surface area (Å²) in [6.07, 6.45) is 8.04. The second-order valence-electron chi connectivity index (χ2n) is 6.40. The fourth-order valence-electron chi connectivity index (χ4n) is 3.80. The molecule has 3 N–H and O–H groups in total. The average molecular weight is 279 g/mol. The predicted octanol–water partition coefficient (Wildman–Crippen LogP) is 2.56. The van der Waals surface area contributed by atoms with Crippen molar-refractivity contribution in [3.05, 3.63) is 17.5 Å². The van der Waals surface area contributed by atoms with E-state index in [1.807, 2.05) is 17.9 Å². The number of nitrogens with zero attached hydrogens (tertiary/aromatic N) is 2. The molecule has 1 heterocycles. The summed E-state index contributed by atoms with van der Waals surface area (Å²) in [5, 5.41) is 15.5. The van der Waals surface area contributed by atoms with Crippen molar-refractivity contribution in [2.24, 2.45) is 24.1 Å². The van der Waals surface area contributed by atoms with E-state index in [-0.39, 0.29) is 5.41 Å². The summed E-state index contributed by atoms with van der Waals surface area (Å²) < 4.78 is 1.81. The van der Waals surface area contributed by atoms with Gasteiger partial charge in [-0.15, -0.1) is 0 Å². The number of rotatable bonds is 5. The molecule has 3 unspecified atom stereocenters. The lowest BCUT2D eigenvalue weighted by Crippen LogP contribution is -2.41. The van der Waals surface area contributed by atoms with Gasteiger partial charge in [0, 0.05) is 30.8 Å². The van der Waals surface area contributed by atoms with E-state index >= 15 is 0 Å². The van der Waals surface area contributed by atoms with Gasteiger partial charge in [-0.2, -0.15) is 5.10 Å². The Morgan fingerprint density at radius 3 is 2.90 bits per heavy atom. The molecule has 114 valence electrons. The molecule has 1 aliphatic carbocycles. The average Bonchev–Trinajstić information content (AvgIpc) is 2.87. The number of hydrogen-bond donors (Lipinski definition) is 2. The van der Waals surface area contributed by atoms with Gasteiger partial charge >= 0.3 is 0 Å². The fraction of sp³-hybridized carbons (Fsp3) is 0.812. The molecule has 0 radical (unpaired) electrons. The summed E-state index contributed by atoms with van der Waals surface area (Å²) in [6, 6.07) is 0. The predicted molar refractivity (Wildman–Crippen MR) is 81.3 cm³/mol. The van der Waals surface area contributed by atoms with Crippen LogP contribution in [0.15, 0.2) is 6.20 Å². The molecular weight excluding hydrogens is 250 g/mol. The SMILES string of the molecule is CCc1nn(C)cc1C(O)C1(CN)CCCC(CC)C1. The minimum Gasteiger partial charge on any atom is -0.388 e. The van der Waals surface area contributed by atoms with Gasteiger partial charge in [0.1, 0.15) is 0 Å². The van der Waals surface area contributed by atoms with Crippen molar-refractivity contribution in [2.75, 3.05) is 6.54 Å². The van der Waals surface area contributed by atoms with Crippen LogP contribution in [-0.4, -0.2) is 21.4 Å². The van der Waals surface area contributed by atoms with E-state index in [1.165, 1.54) is 19.3 Å². The Hall–Kier alpha value is -0.870. The van der Waals surface area contributed by atoms with E-state index in [0.717, 1.165) is 30.5 Å². The molecule has 0 bridgehead atoms. The van der Waals surface area contributed by atoms with Crippen LogP contribution < -0.4 is 5.73 Å². The van der Waals surface area contributed by atoms with E-state index in [2.05, 4.69) is 18.9 Å². The topological polar surface area (TPSA) is 64.1 Å². The molecule has 2 rings (SSSR count). The van der Waals surface area contributed by atoms with Crippen LogP contribution in [0, 0.1) is 11.3 Å². The van der Waals surface area contributed by atoms with Crippen LogP contribution in [0.1, 0.15) is 63.3 Å². The van der Waals surface area contributed by atoms with Gasteiger partial charge in [-0.25, -0.2) is 0 Å². The van der Waals surface area contributed by atoms with Crippen LogP contribution >= 0.6 is 0 Å². The summed E-state index contributed by atoms with van der Waals surface area (Å²) >= 11 is 0. The Morgan fingerprint density at radius 2 is 2.30 bits per heavy atom. The van der Waals surface area contributed by atoms with Gasteiger partial charge < -0.3 is 10.8 Å². The van der Waals surface area contributed by atoms with Crippen molar-refractivity contribution in [1.82, 2.24) is 9.78 Å². The summed E-state index contributed by atoms with van der Waals surface area (Å²) in [5.41, 5.74) is 7.93. The fourth-order valence-corrected chi connectivity index (χ4v) is 3.80. The summed E-state index contributed by atoms with van der Waals surface area (Å²) in [6.45, 7) is 4.89. The third-order valence-corrected chi connectivity index (χ3v) is 5.11. The third kappa shape index (κ3) is 2.77. The molecule has 0 aliphatic heterocycles. The maximum atomic E-state index is 11.0. The number of aliphatic hydroxyl groups is 1. The first kappa shape index (κ1) is 15.5. The number of aromatic nitrogens is 2. The Bertz CT molecular complexity index is 443. The van der Waals surface area contributed by atoms with E-state index < -0.39 is 6.10 Å². The van der Waals surface area contributed by atoms with Crippen LogP contribution in [-0.2, 0) is 13.5 Å². The number of nitrogens with two attached hydrogens (primary N) is 1. The number of hydrogen-bond acceptors (Lipinski definition) is 3. The van der Waals surface area contributed by atoms with Crippen LogP contribution in [0.4, 0.5) is 0 Å². The van der Waals surface area contributed by atoms with Crippen LogP contribution in [0.2, 0.25) is 0 Å². The highest BCUT2D eigenvalue weighted by Gasteiger charge is 2.42. The highest BCUT2D eigenvalue weighted by Crippen LogP contribution is 2.48. The van der Waals surface area contributed by atoms with Crippen molar-refractivity contribution in [3.63, 3.8) is 0 Å². The van der Waals surface area contributed by atoms with E-state index in [4.69, 9.17) is 5.73 Å². The first-order valence-electron chi connectivity index (χ1n) is 7.96. The van der Waals surface area contributed by atoms with Gasteiger partial charge in [-0.05, 0) is 25.2 Å². The second-order valence-corrected chi connectivity index (χ2v) is 6.40. The van der Waals surface area contributed by atoms with E-state index in [1.54, 1.807) is 0 Å². The lowest BCUT2D eigenvalue weighted by Gasteiger charge is -2.43. The molecule has 1 aromatic rings. The zero-order valence-electron chi connectivity index (χ0n) is 13.1. The van der Waals surface area contributed by atoms with Crippen molar-refractivity contribution >= 4 is 0 Å². The highest BCUT2D eigenvalue weighted by atomic mass is 16.3. The van der Waals surface area contributed by atoms with E-state index in [9.17, 15) is 5.11 Å². The molecule has 0 amide bonds. The molecule has 1 aromatic heterocycles. The van der Waals surface area contributed by atoms with Crippen LogP contribution in [0.5, 0.6) is 0 Å². The molecule has 1 aliphatic rings. The Labute approximate surface area is 122 Å². The van der Waals surface area contributed by atoms with Gasteiger partial charge in [0.05, 0.1) is 11.8 Å². The molecular formula is C16H29N3O. The molecule has 20 heavy (non-hydrogen) atoms. The Balaban J connectivity index is 2.30. The molecule has 0 aromatic carbocycles. The van der Waals surface area contributed by atoms with Crippen molar-refractivity contribution in [1.29, 1.82) is 0 Å². The minimum absolute atomic E-state index is 0.161. The monoisotopic (exact) mass is 279 g/mol. The highest BCUT2D eigenvalue weighted by molar-refractivity contribution is 5.23. The summed E-state index contributed by atoms with van der Waals surface area (Å²) in [7, 11) is 1.92. The summed E-state index contributed by atoms with van der Waals surface area (Å²) in [4.78, 5) is 0. The molecule has 0 spiro atoms. The lowest BCUT2D eigenvalue weighted by atomic mass is 9.64. The van der Waals surface area contributed by atoms with Crippen molar-refractivity contribution in [3.8, 4) is 0 Å². The molecule has 1 saturated carbocycles. The Morgan fingerprint density at radius 1 is 1.55 bits per heavy atom. The van der Waals surface area contributed by atoms with Crippen molar-refractivity contribution < 1.29 is 5.11 Å². The standard InChI is InChI=1S/C16H29N3O/c1-4-12-7-6-8-16(9-12,11-17)15(20)13-10-19(3)18-14(13)5-2/h10,12,15,20H,4-9,11,17H2,1-3H3. The van der Waals surface area contributed by atoms with Gasteiger partial charge in [0.15, 0.2) is 0 Å². The van der Waals surface area contributed by atoms with E-state index in [0.29, 0.717) is 12.5 Å². The molecule has 1 fully saturated rings. The smallest absolute Gasteiger partial charge is 0.0891 e. The maximum absolute atomic E-state index is 11.0. The quantitative estimate of drug-likeness (QED) is 0.870. The first-order valence-corrected chi connectivity index (χ1v) is 7.96. The van der Waals surface area contributed by atoms with Gasteiger partial charge in [0.25, 0.3) is 0 Å². The van der Waals surface area contributed by atoms with Gasteiger partial charge in [-0.1, -0.05) is 33.1 Å². The van der Waals surface area contributed by atoms with Crippen LogP contribution in [0.3, 0.4) is 0 Å². The molecule has 0 saturated heterocycles. The zero-order chi connectivity index (χ0) is 14.8. The molecule has 4 nitrogen and oxygen atoms in total. The molecule has 4 heteroatoms. The second kappa shape index (κ2) is 6.27. The zero-order valence-corrected chi connectivity index (χ0v) is 13.1. The Kier molecular flexibility index (Phi) is 4.86. The van der Waals surface area contributed by atoms with Crippen LogP contribution in [0.25, 0.3) is 0 Å². The number of aryl methyl sites for hydroxylation is 2. The largest absolute Gasteiger partial charge is 0.388 e. The third-order valence-electron chi connectivity index (χ3n) is 5.11. The number of aliphatic hydroxyl groups excluding tert-OH is 1. The van der Waals surface area contributed by atoms with Crippen molar-refractivity contribution in [2.45, 2.75) is 58.5 Å². The minimum atomic E-state index is -0.481. The van der Waals surface area contributed by atoms with Gasteiger partial charge in [-0.3, -0.25) is 4.68 Å². The lowest BCUT2D eigenvalue weighted by molar-refractivity contribution is -0.0167. The van der Waals surface area contributed by atoms with Gasteiger partial charge in [0.2, 0.25) is 0 Å². The maximum Gasteiger partial charge on any atom is 0.0891 e.